The summed E-state index contributed by atoms with van der Waals surface area (Å²) >= 11 is 0. The summed E-state index contributed by atoms with van der Waals surface area (Å²) in [6, 6.07) is 58.9. The van der Waals surface area contributed by atoms with E-state index < -0.39 is 0 Å². The van der Waals surface area contributed by atoms with E-state index >= 15 is 0 Å². The Hall–Kier alpha value is -6.12. The molecular formula is C47H34N2. The van der Waals surface area contributed by atoms with Gasteiger partial charge in [-0.3, -0.25) is 0 Å². The van der Waals surface area contributed by atoms with Crippen molar-refractivity contribution in [3.05, 3.63) is 186 Å². The lowest BCUT2D eigenvalue weighted by atomic mass is 9.90. The topological polar surface area (TPSA) is 24.7 Å². The van der Waals surface area contributed by atoms with Gasteiger partial charge in [0.2, 0.25) is 0 Å². The molecule has 232 valence electrons. The molecule has 1 aliphatic rings. The Balaban J connectivity index is 1.28. The monoisotopic (exact) mass is 626 g/mol. The van der Waals surface area contributed by atoms with E-state index in [1.807, 2.05) is 0 Å². The van der Waals surface area contributed by atoms with Gasteiger partial charge in [0.25, 0.3) is 0 Å². The highest BCUT2D eigenvalue weighted by atomic mass is 14.9. The number of nitrogens with zero attached hydrogens (tertiary/aromatic N) is 2. The summed E-state index contributed by atoms with van der Waals surface area (Å²) in [5, 5.41) is 9.92. The maximum atomic E-state index is 5.56. The van der Waals surface area contributed by atoms with Crippen LogP contribution in [0.25, 0.3) is 59.9 Å². The predicted molar refractivity (Wildman–Crippen MR) is 210 cm³/mol. The molecule has 49 heavy (non-hydrogen) atoms. The van der Waals surface area contributed by atoms with E-state index in [1.165, 1.54) is 59.8 Å². The van der Waals surface area contributed by atoms with Crippen molar-refractivity contribution in [2.45, 2.75) is 19.8 Å². The van der Waals surface area contributed by atoms with E-state index in [9.17, 15) is 0 Å². The highest BCUT2D eigenvalue weighted by Crippen LogP contribution is 2.39. The maximum absolute atomic E-state index is 5.56. The van der Waals surface area contributed by atoms with Crippen molar-refractivity contribution < 1.29 is 0 Å². The van der Waals surface area contributed by atoms with Gasteiger partial charge in [-0.1, -0.05) is 153 Å². The molecule has 9 rings (SSSR count). The fourth-order valence-electron chi connectivity index (χ4n) is 7.39. The van der Waals surface area contributed by atoms with Crippen LogP contribution in [0.4, 0.5) is 0 Å². The number of fused-ring (bicyclic) bond motifs is 6. The van der Waals surface area contributed by atoms with E-state index in [0.29, 0.717) is 0 Å². The summed E-state index contributed by atoms with van der Waals surface area (Å²) in [7, 11) is 0. The Morgan fingerprint density at radius 1 is 0.429 bits per heavy atom. The minimum Gasteiger partial charge on any atom is -0.232 e. The lowest BCUT2D eigenvalue weighted by molar-refractivity contribution is 1.05. The molecule has 0 radical (unpaired) electrons. The number of allylic oxidation sites excluding steroid dienone is 1. The molecule has 1 aliphatic heterocycles. The summed E-state index contributed by atoms with van der Waals surface area (Å²) in [5.41, 5.74) is 8.98. The second-order valence-corrected chi connectivity index (χ2v) is 12.8. The zero-order chi connectivity index (χ0) is 32.7. The molecule has 0 fully saturated rings. The second kappa shape index (κ2) is 12.2. The summed E-state index contributed by atoms with van der Waals surface area (Å²) in [6.45, 7) is 2.24. The molecule has 0 atom stereocenters. The molecule has 0 amide bonds. The molecule has 2 heteroatoms. The third-order valence-electron chi connectivity index (χ3n) is 9.93. The molecule has 1 heterocycles. The number of rotatable bonds is 5. The minimum absolute atomic E-state index is 0.731. The number of amidine groups is 1. The average Bonchev–Trinajstić information content (AvgIpc) is 3.38. The van der Waals surface area contributed by atoms with Gasteiger partial charge in [0.1, 0.15) is 0 Å². The second-order valence-electron chi connectivity index (χ2n) is 12.8. The molecule has 8 aromatic carbocycles. The van der Waals surface area contributed by atoms with Gasteiger partial charge in [-0.2, -0.15) is 0 Å². The largest absolute Gasteiger partial charge is 0.232 e. The molecule has 8 aromatic rings. The predicted octanol–water partition coefficient (Wildman–Crippen LogP) is 12.4. The summed E-state index contributed by atoms with van der Waals surface area (Å²) in [5.74, 6) is 0.741. The van der Waals surface area contributed by atoms with Crippen LogP contribution in [-0.4, -0.2) is 11.5 Å². The number of benzene rings is 8. The number of aliphatic imine (C=N–C) groups is 2. The maximum Gasteiger partial charge on any atom is 0.160 e. The van der Waals surface area contributed by atoms with Crippen LogP contribution < -0.4 is 0 Å². The quantitative estimate of drug-likeness (QED) is 0.170. The Bertz CT molecular complexity index is 2640. The molecule has 0 N–H and O–H groups in total. The molecule has 0 aromatic heterocycles. The van der Waals surface area contributed by atoms with Gasteiger partial charge in [-0.25, -0.2) is 9.98 Å². The SMILES string of the molecule is CCC1=C(c2cc3ccccc3cc2-c2ccccc2)N=C(c2ccc3c(ccc4c5ccccc5ccc34)c2)N=C(c2ccccc2)C1. The number of hydrogen-bond acceptors (Lipinski definition) is 2. The van der Waals surface area contributed by atoms with Crippen LogP contribution in [0.1, 0.15) is 36.5 Å². The van der Waals surface area contributed by atoms with Crippen molar-refractivity contribution >= 4 is 60.3 Å². The first kappa shape index (κ1) is 29.1. The van der Waals surface area contributed by atoms with Crippen molar-refractivity contribution in [1.29, 1.82) is 0 Å². The first-order valence-electron chi connectivity index (χ1n) is 17.1. The Morgan fingerprint density at radius 3 is 1.71 bits per heavy atom. The smallest absolute Gasteiger partial charge is 0.160 e. The van der Waals surface area contributed by atoms with E-state index in [2.05, 4.69) is 171 Å². The van der Waals surface area contributed by atoms with Gasteiger partial charge in [0.15, 0.2) is 5.84 Å². The summed E-state index contributed by atoms with van der Waals surface area (Å²) in [4.78, 5) is 10.9. The third-order valence-corrected chi connectivity index (χ3v) is 9.93. The number of hydrogen-bond donors (Lipinski definition) is 0. The lowest BCUT2D eigenvalue weighted by Crippen LogP contribution is -2.06. The Morgan fingerprint density at radius 2 is 1.00 bits per heavy atom. The Kier molecular flexibility index (Phi) is 7.21. The van der Waals surface area contributed by atoms with Crippen LogP contribution in [0, 0.1) is 0 Å². The van der Waals surface area contributed by atoms with Crippen molar-refractivity contribution in [3.8, 4) is 11.1 Å². The molecule has 0 bridgehead atoms. The van der Waals surface area contributed by atoms with Crippen molar-refractivity contribution in [2.75, 3.05) is 0 Å². The van der Waals surface area contributed by atoms with Crippen LogP contribution in [0.2, 0.25) is 0 Å². The van der Waals surface area contributed by atoms with Gasteiger partial charge < -0.3 is 0 Å². The molecule has 0 unspecified atom stereocenters. The van der Waals surface area contributed by atoms with Crippen LogP contribution in [-0.2, 0) is 0 Å². The molecule has 2 nitrogen and oxygen atoms in total. The van der Waals surface area contributed by atoms with Crippen molar-refractivity contribution in [3.63, 3.8) is 0 Å². The fourth-order valence-corrected chi connectivity index (χ4v) is 7.39. The summed E-state index contributed by atoms with van der Waals surface area (Å²) in [6.07, 6.45) is 1.60. The standard InChI is InChI=1S/C47H34N2/c1-2-31-30-45(34-16-7-4-8-17-34)48-47(38-23-24-40-37(27-38)22-26-41-39-20-12-11-15-33(39)21-25-42(40)41)49-46(31)44-29-36-19-10-9-18-35(36)28-43(44)32-13-5-3-6-14-32/h3-29H,2,30H2,1H3. The zero-order valence-electron chi connectivity index (χ0n) is 27.4. The van der Waals surface area contributed by atoms with Crippen molar-refractivity contribution in [2.24, 2.45) is 9.98 Å². The zero-order valence-corrected chi connectivity index (χ0v) is 27.4. The first-order valence-corrected chi connectivity index (χ1v) is 17.1. The van der Waals surface area contributed by atoms with E-state index in [1.54, 1.807) is 0 Å². The lowest BCUT2D eigenvalue weighted by Gasteiger charge is -2.16. The van der Waals surface area contributed by atoms with E-state index in [-0.39, 0.29) is 0 Å². The fraction of sp³-hybridized carbons (Fsp3) is 0.0638. The van der Waals surface area contributed by atoms with Crippen LogP contribution in [0.15, 0.2) is 179 Å². The van der Waals surface area contributed by atoms with Crippen LogP contribution in [0.5, 0.6) is 0 Å². The van der Waals surface area contributed by atoms with Crippen LogP contribution >= 0.6 is 0 Å². The average molecular weight is 627 g/mol. The minimum atomic E-state index is 0.731. The van der Waals surface area contributed by atoms with Crippen LogP contribution in [0.3, 0.4) is 0 Å². The van der Waals surface area contributed by atoms with Gasteiger partial charge in [0.05, 0.1) is 11.4 Å². The highest BCUT2D eigenvalue weighted by molar-refractivity contribution is 6.20. The first-order chi connectivity index (χ1) is 24.2. The van der Waals surface area contributed by atoms with Crippen molar-refractivity contribution in [1.82, 2.24) is 0 Å². The van der Waals surface area contributed by atoms with E-state index in [0.717, 1.165) is 46.8 Å². The summed E-state index contributed by atoms with van der Waals surface area (Å²) < 4.78 is 0. The van der Waals surface area contributed by atoms with Gasteiger partial charge >= 0.3 is 0 Å². The van der Waals surface area contributed by atoms with Gasteiger partial charge in [-0.15, -0.1) is 0 Å². The molecular weight excluding hydrogens is 593 g/mol. The normalized spacial score (nSPS) is 13.6. The van der Waals surface area contributed by atoms with E-state index in [4.69, 9.17) is 9.98 Å². The highest BCUT2D eigenvalue weighted by Gasteiger charge is 2.22. The molecule has 0 aliphatic carbocycles. The Labute approximate surface area is 286 Å². The van der Waals surface area contributed by atoms with Gasteiger partial charge in [0, 0.05) is 17.5 Å². The molecule has 0 spiro atoms. The molecule has 0 saturated carbocycles. The molecule has 0 saturated heterocycles. The van der Waals surface area contributed by atoms with Gasteiger partial charge in [-0.05, 0) is 90.0 Å². The third kappa shape index (κ3) is 5.23.